The van der Waals surface area contributed by atoms with Crippen molar-refractivity contribution in [2.24, 2.45) is 0 Å². The molecule has 1 aromatic carbocycles. The minimum Gasteiger partial charge on any atom is -0.493 e. The number of ether oxygens (including phenoxy) is 1. The van der Waals surface area contributed by atoms with Gasteiger partial charge in [-0.15, -0.1) is 0 Å². The fourth-order valence-electron chi connectivity index (χ4n) is 1.89. The van der Waals surface area contributed by atoms with Crippen LogP contribution < -0.4 is 4.74 Å². The first-order valence-corrected chi connectivity index (χ1v) is 5.51. The molecule has 0 bridgehead atoms. The zero-order chi connectivity index (χ0) is 11.4. The molecule has 2 nitrogen and oxygen atoms in total. The fourth-order valence-corrected chi connectivity index (χ4v) is 1.89. The molecule has 0 fully saturated rings. The second kappa shape index (κ2) is 4.99. The average molecular weight is 216 g/mol. The first-order valence-electron chi connectivity index (χ1n) is 5.51. The standard InChI is InChI=1S/C14H16O2/c1-11(6-8-15)10-12-7-9-16-14-5-3-2-4-13(12)14/h2-6,10,15H,7-9H2,1H3/b11-6-,12-10+. The van der Waals surface area contributed by atoms with Crippen LogP contribution in [-0.2, 0) is 0 Å². The summed E-state index contributed by atoms with van der Waals surface area (Å²) in [6, 6.07) is 8.07. The minimum absolute atomic E-state index is 0.0910. The molecule has 0 amide bonds. The molecule has 0 saturated heterocycles. The Bertz CT molecular complexity index is 430. The summed E-state index contributed by atoms with van der Waals surface area (Å²) in [6.07, 6.45) is 4.86. The van der Waals surface area contributed by atoms with E-state index in [1.54, 1.807) is 0 Å². The smallest absolute Gasteiger partial charge is 0.126 e. The molecule has 1 aliphatic heterocycles. The molecule has 1 aromatic rings. The molecule has 84 valence electrons. The van der Waals surface area contributed by atoms with Gasteiger partial charge in [0.2, 0.25) is 0 Å². The van der Waals surface area contributed by atoms with Gasteiger partial charge >= 0.3 is 0 Å². The lowest BCUT2D eigenvalue weighted by molar-refractivity contribution is 0.316. The lowest BCUT2D eigenvalue weighted by Crippen LogP contribution is -2.07. The van der Waals surface area contributed by atoms with E-state index in [1.807, 2.05) is 31.2 Å². The predicted octanol–water partition coefficient (Wildman–Crippen LogP) is 2.79. The highest BCUT2D eigenvalue weighted by atomic mass is 16.5. The second-order valence-electron chi connectivity index (χ2n) is 3.89. The molecule has 16 heavy (non-hydrogen) atoms. The van der Waals surface area contributed by atoms with Crippen molar-refractivity contribution in [1.82, 2.24) is 0 Å². The van der Waals surface area contributed by atoms with Gasteiger partial charge in [-0.1, -0.05) is 35.9 Å². The van der Waals surface area contributed by atoms with Crippen molar-refractivity contribution >= 4 is 5.57 Å². The predicted molar refractivity (Wildman–Crippen MR) is 65.4 cm³/mol. The Hall–Kier alpha value is -1.54. The maximum absolute atomic E-state index is 8.83. The molecule has 0 unspecified atom stereocenters. The molecule has 1 aliphatic rings. The molecule has 0 spiro atoms. The van der Waals surface area contributed by atoms with Gasteiger partial charge in [-0.2, -0.15) is 0 Å². The lowest BCUT2D eigenvalue weighted by atomic mass is 9.98. The third-order valence-corrected chi connectivity index (χ3v) is 2.68. The maximum Gasteiger partial charge on any atom is 0.126 e. The molecule has 1 heterocycles. The van der Waals surface area contributed by atoms with Crippen LogP contribution in [0.15, 0.2) is 42.0 Å². The normalized spacial score (nSPS) is 18.1. The Labute approximate surface area is 95.9 Å². The molecule has 2 heteroatoms. The zero-order valence-electron chi connectivity index (χ0n) is 9.44. The molecule has 0 aliphatic carbocycles. The van der Waals surface area contributed by atoms with Gasteiger partial charge in [0.05, 0.1) is 13.2 Å². The van der Waals surface area contributed by atoms with Gasteiger partial charge < -0.3 is 9.84 Å². The first-order chi connectivity index (χ1) is 7.81. The zero-order valence-corrected chi connectivity index (χ0v) is 9.44. The molecular weight excluding hydrogens is 200 g/mol. The Morgan fingerprint density at radius 1 is 1.44 bits per heavy atom. The average Bonchev–Trinajstić information content (AvgIpc) is 2.30. The van der Waals surface area contributed by atoms with Gasteiger partial charge in [0.1, 0.15) is 5.75 Å². The van der Waals surface area contributed by atoms with Crippen molar-refractivity contribution in [2.75, 3.05) is 13.2 Å². The Morgan fingerprint density at radius 2 is 2.25 bits per heavy atom. The summed E-state index contributed by atoms with van der Waals surface area (Å²) < 4.78 is 5.59. The second-order valence-corrected chi connectivity index (χ2v) is 3.89. The van der Waals surface area contributed by atoms with Crippen molar-refractivity contribution in [1.29, 1.82) is 0 Å². The highest BCUT2D eigenvalue weighted by molar-refractivity contribution is 5.73. The Kier molecular flexibility index (Phi) is 3.42. The Balaban J connectivity index is 2.35. The van der Waals surface area contributed by atoms with Crippen LogP contribution in [0.3, 0.4) is 0 Å². The van der Waals surface area contributed by atoms with E-state index in [0.717, 1.165) is 24.4 Å². The molecule has 0 atom stereocenters. The summed E-state index contributed by atoms with van der Waals surface area (Å²) in [4.78, 5) is 0. The minimum atomic E-state index is 0.0910. The van der Waals surface area contributed by atoms with Gasteiger partial charge in [0.15, 0.2) is 0 Å². The number of benzene rings is 1. The van der Waals surface area contributed by atoms with Crippen LogP contribution in [-0.4, -0.2) is 18.3 Å². The summed E-state index contributed by atoms with van der Waals surface area (Å²) in [6.45, 7) is 2.82. The molecule has 2 rings (SSSR count). The van der Waals surface area contributed by atoms with Crippen LogP contribution in [0, 0.1) is 0 Å². The fraction of sp³-hybridized carbons (Fsp3) is 0.286. The topological polar surface area (TPSA) is 29.5 Å². The third-order valence-electron chi connectivity index (χ3n) is 2.68. The van der Waals surface area contributed by atoms with Crippen LogP contribution >= 0.6 is 0 Å². The molecule has 0 aromatic heterocycles. The number of hydrogen-bond donors (Lipinski definition) is 1. The highest BCUT2D eigenvalue weighted by Crippen LogP contribution is 2.33. The number of hydrogen-bond acceptors (Lipinski definition) is 2. The monoisotopic (exact) mass is 216 g/mol. The van der Waals surface area contributed by atoms with E-state index in [-0.39, 0.29) is 6.61 Å². The van der Waals surface area contributed by atoms with Crippen molar-refractivity contribution in [3.05, 3.63) is 47.6 Å². The van der Waals surface area contributed by atoms with E-state index in [1.165, 1.54) is 11.1 Å². The largest absolute Gasteiger partial charge is 0.493 e. The van der Waals surface area contributed by atoms with Crippen molar-refractivity contribution in [3.8, 4) is 5.75 Å². The van der Waals surface area contributed by atoms with Gasteiger partial charge in [0, 0.05) is 12.0 Å². The SMILES string of the molecule is CC(=C/CO)/C=C1\CCOc2ccccc21. The number of allylic oxidation sites excluding steroid dienone is 2. The van der Waals surface area contributed by atoms with E-state index < -0.39 is 0 Å². The third kappa shape index (κ3) is 2.34. The van der Waals surface area contributed by atoms with Gasteiger partial charge in [-0.05, 0) is 18.6 Å². The lowest BCUT2D eigenvalue weighted by Gasteiger charge is -2.20. The summed E-state index contributed by atoms with van der Waals surface area (Å²) in [7, 11) is 0. The summed E-state index contributed by atoms with van der Waals surface area (Å²) in [5.41, 5.74) is 3.54. The van der Waals surface area contributed by atoms with E-state index in [0.29, 0.717) is 0 Å². The summed E-state index contributed by atoms with van der Waals surface area (Å²) in [5, 5.41) is 8.83. The van der Waals surface area contributed by atoms with E-state index in [9.17, 15) is 0 Å². The quantitative estimate of drug-likeness (QED) is 0.823. The van der Waals surface area contributed by atoms with Gasteiger partial charge in [-0.25, -0.2) is 0 Å². The van der Waals surface area contributed by atoms with Crippen LogP contribution in [0.25, 0.3) is 5.57 Å². The Morgan fingerprint density at radius 3 is 3.06 bits per heavy atom. The molecule has 0 radical (unpaired) electrons. The summed E-state index contributed by atoms with van der Waals surface area (Å²) in [5.74, 6) is 0.955. The van der Waals surface area contributed by atoms with E-state index in [2.05, 4.69) is 12.1 Å². The molecule has 1 N–H and O–H groups in total. The van der Waals surface area contributed by atoms with Crippen molar-refractivity contribution in [2.45, 2.75) is 13.3 Å². The van der Waals surface area contributed by atoms with Crippen LogP contribution in [0.4, 0.5) is 0 Å². The number of aliphatic hydroxyl groups excluding tert-OH is 1. The molecule has 0 saturated carbocycles. The van der Waals surface area contributed by atoms with Crippen molar-refractivity contribution < 1.29 is 9.84 Å². The first kappa shape index (κ1) is 11.0. The summed E-state index contributed by atoms with van der Waals surface area (Å²) >= 11 is 0. The number of fused-ring (bicyclic) bond motifs is 1. The number of para-hydroxylation sites is 1. The van der Waals surface area contributed by atoms with Crippen LogP contribution in [0.5, 0.6) is 5.75 Å². The highest BCUT2D eigenvalue weighted by Gasteiger charge is 2.13. The molecular formula is C14H16O2. The van der Waals surface area contributed by atoms with Crippen LogP contribution in [0.2, 0.25) is 0 Å². The maximum atomic E-state index is 8.83. The number of aliphatic hydroxyl groups is 1. The van der Waals surface area contributed by atoms with Crippen molar-refractivity contribution in [3.63, 3.8) is 0 Å². The number of rotatable bonds is 2. The van der Waals surface area contributed by atoms with Gasteiger partial charge in [-0.3, -0.25) is 0 Å². The van der Waals surface area contributed by atoms with E-state index >= 15 is 0 Å². The van der Waals surface area contributed by atoms with Crippen LogP contribution in [0.1, 0.15) is 18.9 Å². The van der Waals surface area contributed by atoms with E-state index in [4.69, 9.17) is 9.84 Å². The van der Waals surface area contributed by atoms with Gasteiger partial charge in [0.25, 0.3) is 0 Å².